The van der Waals surface area contributed by atoms with Gasteiger partial charge in [-0.05, 0) is 24.3 Å². The van der Waals surface area contributed by atoms with E-state index in [0.29, 0.717) is 17.1 Å². The summed E-state index contributed by atoms with van der Waals surface area (Å²) in [5, 5.41) is 0.284. The summed E-state index contributed by atoms with van der Waals surface area (Å²) < 4.78 is 24.2. The number of carbonyl (C=O) groups excluding carboxylic acids is 1. The van der Waals surface area contributed by atoms with E-state index in [1.165, 1.54) is 31.3 Å². The molecule has 2 aromatic rings. The van der Waals surface area contributed by atoms with Gasteiger partial charge < -0.3 is 14.4 Å². The molecule has 23 heavy (non-hydrogen) atoms. The van der Waals surface area contributed by atoms with Crippen molar-refractivity contribution in [2.45, 2.75) is 6.54 Å². The van der Waals surface area contributed by atoms with Crippen molar-refractivity contribution < 1.29 is 18.7 Å². The summed E-state index contributed by atoms with van der Waals surface area (Å²) in [6, 6.07) is 9.32. The lowest BCUT2D eigenvalue weighted by Gasteiger charge is -2.20. The monoisotopic (exact) mass is 337 g/mol. The average Bonchev–Trinajstić information content (AvgIpc) is 2.56. The normalized spacial score (nSPS) is 10.3. The number of hydrogen-bond donors (Lipinski definition) is 0. The molecule has 0 N–H and O–H groups in total. The van der Waals surface area contributed by atoms with Crippen molar-refractivity contribution in [1.82, 2.24) is 4.90 Å². The summed E-state index contributed by atoms with van der Waals surface area (Å²) in [6.45, 7) is 0.0551. The van der Waals surface area contributed by atoms with E-state index in [2.05, 4.69) is 0 Å². The molecule has 0 saturated carbocycles. The maximum atomic E-state index is 13.9. The van der Waals surface area contributed by atoms with E-state index in [-0.39, 0.29) is 23.0 Å². The molecular formula is C17H17ClFNO3. The molecule has 2 aromatic carbocycles. The molecule has 0 aliphatic rings. The predicted molar refractivity (Wildman–Crippen MR) is 86.8 cm³/mol. The number of amides is 1. The maximum absolute atomic E-state index is 13.9. The van der Waals surface area contributed by atoms with Crippen molar-refractivity contribution in [2.75, 3.05) is 21.3 Å². The first kappa shape index (κ1) is 17.1. The van der Waals surface area contributed by atoms with Gasteiger partial charge in [0, 0.05) is 30.2 Å². The van der Waals surface area contributed by atoms with E-state index in [0.717, 1.165) is 0 Å². The predicted octanol–water partition coefficient (Wildman–Crippen LogP) is 3.77. The van der Waals surface area contributed by atoms with Crippen LogP contribution >= 0.6 is 11.6 Å². The Labute approximate surface area is 139 Å². The van der Waals surface area contributed by atoms with Crippen LogP contribution in [0.25, 0.3) is 0 Å². The number of nitrogens with zero attached hydrogens (tertiary/aromatic N) is 1. The summed E-state index contributed by atoms with van der Waals surface area (Å²) in [5.41, 5.74) is 0.640. The molecule has 122 valence electrons. The number of halogens is 2. The largest absolute Gasteiger partial charge is 0.497 e. The third-order valence-corrected chi connectivity index (χ3v) is 3.80. The van der Waals surface area contributed by atoms with Gasteiger partial charge >= 0.3 is 0 Å². The molecule has 0 spiro atoms. The standard InChI is InChI=1S/C17H17ClFNO3/c1-20(10-13-14(18)5-4-6-15(13)19)17(21)12-8-7-11(22-2)9-16(12)23-3/h4-9H,10H2,1-3H3. The van der Waals surface area contributed by atoms with E-state index in [1.54, 1.807) is 31.3 Å². The minimum absolute atomic E-state index is 0.0551. The highest BCUT2D eigenvalue weighted by Gasteiger charge is 2.19. The van der Waals surface area contributed by atoms with Gasteiger partial charge in [0.15, 0.2) is 0 Å². The van der Waals surface area contributed by atoms with Crippen LogP contribution in [0.3, 0.4) is 0 Å². The van der Waals surface area contributed by atoms with Gasteiger partial charge in [-0.3, -0.25) is 4.79 Å². The lowest BCUT2D eigenvalue weighted by Crippen LogP contribution is -2.27. The Bertz CT molecular complexity index is 701. The van der Waals surface area contributed by atoms with Crippen LogP contribution in [0, 0.1) is 5.82 Å². The van der Waals surface area contributed by atoms with Gasteiger partial charge in [0.2, 0.25) is 0 Å². The number of methoxy groups -OCH3 is 2. The lowest BCUT2D eigenvalue weighted by molar-refractivity contribution is 0.0780. The Morgan fingerprint density at radius 2 is 1.96 bits per heavy atom. The second kappa shape index (κ2) is 7.33. The molecule has 0 aliphatic carbocycles. The summed E-state index contributed by atoms with van der Waals surface area (Å²) in [6.07, 6.45) is 0. The summed E-state index contributed by atoms with van der Waals surface area (Å²) >= 11 is 6.00. The fourth-order valence-electron chi connectivity index (χ4n) is 2.17. The molecule has 0 radical (unpaired) electrons. The molecular weight excluding hydrogens is 321 g/mol. The Morgan fingerprint density at radius 3 is 2.57 bits per heavy atom. The first-order valence-electron chi connectivity index (χ1n) is 6.88. The molecule has 0 atom stereocenters. The molecule has 6 heteroatoms. The van der Waals surface area contributed by atoms with Gasteiger partial charge in [-0.25, -0.2) is 4.39 Å². The van der Waals surface area contributed by atoms with Crippen LogP contribution in [0.15, 0.2) is 36.4 Å². The quantitative estimate of drug-likeness (QED) is 0.833. The molecule has 0 unspecified atom stereocenters. The van der Waals surface area contributed by atoms with Crippen LogP contribution < -0.4 is 9.47 Å². The average molecular weight is 338 g/mol. The zero-order chi connectivity index (χ0) is 17.0. The molecule has 0 bridgehead atoms. The van der Waals surface area contributed by atoms with Crippen LogP contribution in [0.4, 0.5) is 4.39 Å². The Hall–Kier alpha value is -2.27. The van der Waals surface area contributed by atoms with E-state index in [4.69, 9.17) is 21.1 Å². The van der Waals surface area contributed by atoms with Crippen molar-refractivity contribution in [3.63, 3.8) is 0 Å². The van der Waals surface area contributed by atoms with Crippen molar-refractivity contribution >= 4 is 17.5 Å². The number of ether oxygens (including phenoxy) is 2. The minimum Gasteiger partial charge on any atom is -0.497 e. The molecule has 0 heterocycles. The van der Waals surface area contributed by atoms with Gasteiger partial charge in [0.25, 0.3) is 5.91 Å². The van der Waals surface area contributed by atoms with E-state index < -0.39 is 5.82 Å². The van der Waals surface area contributed by atoms with E-state index >= 15 is 0 Å². The Morgan fingerprint density at radius 1 is 1.22 bits per heavy atom. The van der Waals surface area contributed by atoms with Crippen molar-refractivity contribution in [3.05, 3.63) is 58.4 Å². The van der Waals surface area contributed by atoms with Crippen LogP contribution in [0.5, 0.6) is 11.5 Å². The second-order valence-corrected chi connectivity index (χ2v) is 5.33. The fraction of sp³-hybridized carbons (Fsp3) is 0.235. The van der Waals surface area contributed by atoms with Crippen molar-refractivity contribution in [2.24, 2.45) is 0 Å². The summed E-state index contributed by atoms with van der Waals surface area (Å²) in [4.78, 5) is 14.0. The number of benzene rings is 2. The van der Waals surface area contributed by atoms with Crippen LogP contribution in [0.1, 0.15) is 15.9 Å². The molecule has 2 rings (SSSR count). The smallest absolute Gasteiger partial charge is 0.257 e. The Kier molecular flexibility index (Phi) is 5.45. The molecule has 0 aliphatic heterocycles. The van der Waals surface area contributed by atoms with Gasteiger partial charge in [-0.1, -0.05) is 17.7 Å². The van der Waals surface area contributed by atoms with Gasteiger partial charge in [-0.2, -0.15) is 0 Å². The van der Waals surface area contributed by atoms with E-state index in [9.17, 15) is 9.18 Å². The first-order valence-corrected chi connectivity index (χ1v) is 7.26. The number of rotatable bonds is 5. The third kappa shape index (κ3) is 3.74. The van der Waals surface area contributed by atoms with Crippen molar-refractivity contribution in [1.29, 1.82) is 0 Å². The van der Waals surface area contributed by atoms with Crippen LogP contribution in [-0.4, -0.2) is 32.1 Å². The number of hydrogen-bond acceptors (Lipinski definition) is 3. The van der Waals surface area contributed by atoms with Crippen LogP contribution in [-0.2, 0) is 6.54 Å². The molecule has 1 amide bonds. The van der Waals surface area contributed by atoms with E-state index in [1.807, 2.05) is 0 Å². The molecule has 4 nitrogen and oxygen atoms in total. The number of carbonyl (C=O) groups is 1. The topological polar surface area (TPSA) is 38.8 Å². The maximum Gasteiger partial charge on any atom is 0.257 e. The molecule has 0 fully saturated rings. The zero-order valence-electron chi connectivity index (χ0n) is 13.1. The zero-order valence-corrected chi connectivity index (χ0v) is 13.9. The highest BCUT2D eigenvalue weighted by Crippen LogP contribution is 2.27. The summed E-state index contributed by atoms with van der Waals surface area (Å²) in [5.74, 6) is 0.224. The first-order chi connectivity index (χ1) is 11.0. The molecule has 0 aromatic heterocycles. The minimum atomic E-state index is -0.446. The Balaban J connectivity index is 2.26. The summed E-state index contributed by atoms with van der Waals surface area (Å²) in [7, 11) is 4.58. The van der Waals surface area contributed by atoms with Gasteiger partial charge in [-0.15, -0.1) is 0 Å². The second-order valence-electron chi connectivity index (χ2n) is 4.93. The van der Waals surface area contributed by atoms with Crippen LogP contribution in [0.2, 0.25) is 5.02 Å². The van der Waals surface area contributed by atoms with Gasteiger partial charge in [0.05, 0.1) is 19.8 Å². The third-order valence-electron chi connectivity index (χ3n) is 3.44. The van der Waals surface area contributed by atoms with Crippen molar-refractivity contribution in [3.8, 4) is 11.5 Å². The molecule has 0 saturated heterocycles. The fourth-order valence-corrected chi connectivity index (χ4v) is 2.40. The highest BCUT2D eigenvalue weighted by atomic mass is 35.5. The lowest BCUT2D eigenvalue weighted by atomic mass is 10.1. The van der Waals surface area contributed by atoms with Gasteiger partial charge in [0.1, 0.15) is 17.3 Å². The highest BCUT2D eigenvalue weighted by molar-refractivity contribution is 6.31. The SMILES string of the molecule is COc1ccc(C(=O)N(C)Cc2c(F)cccc2Cl)c(OC)c1.